The largest absolute Gasteiger partial charge is 0.341 e. The van der Waals surface area contributed by atoms with E-state index in [2.05, 4.69) is 17.2 Å². The maximum Gasteiger partial charge on any atom is 0.239 e. The number of amides is 1. The summed E-state index contributed by atoms with van der Waals surface area (Å²) in [6.07, 6.45) is 2.75. The lowest BCUT2D eigenvalue weighted by Gasteiger charge is -2.20. The minimum absolute atomic E-state index is 0.0310. The first-order chi connectivity index (χ1) is 8.22. The van der Waals surface area contributed by atoms with Crippen molar-refractivity contribution in [1.82, 2.24) is 15.2 Å². The highest BCUT2D eigenvalue weighted by Gasteiger charge is 2.31. The van der Waals surface area contributed by atoms with Crippen molar-refractivity contribution in [2.45, 2.75) is 32.2 Å². The van der Waals surface area contributed by atoms with Crippen LogP contribution < -0.4 is 5.32 Å². The van der Waals surface area contributed by atoms with Crippen LogP contribution in [0.2, 0.25) is 0 Å². The molecule has 2 unspecified atom stereocenters. The summed E-state index contributed by atoms with van der Waals surface area (Å²) in [5.74, 6) is 0.578. The summed E-state index contributed by atoms with van der Waals surface area (Å²) in [4.78, 5) is 18.3. The standard InChI is InChI=1S/C12H19N3OS/c1-3-13-10-4-6-15(12(10)16)8-9(2)11-14-5-7-17-11/h5,7,9-10,13H,3-4,6,8H2,1-2H3. The van der Waals surface area contributed by atoms with Crippen LogP contribution in [0.3, 0.4) is 0 Å². The molecule has 0 saturated carbocycles. The van der Waals surface area contributed by atoms with E-state index >= 15 is 0 Å². The normalized spacial score (nSPS) is 22.1. The van der Waals surface area contributed by atoms with Crippen LogP contribution in [0, 0.1) is 0 Å². The van der Waals surface area contributed by atoms with Gasteiger partial charge in [0.05, 0.1) is 11.0 Å². The number of likely N-dealkylation sites (tertiary alicyclic amines) is 1. The molecule has 1 aromatic heterocycles. The Balaban J connectivity index is 1.90. The molecule has 1 fully saturated rings. The number of carbonyl (C=O) groups excluding carboxylic acids is 1. The van der Waals surface area contributed by atoms with Gasteiger partial charge < -0.3 is 10.2 Å². The van der Waals surface area contributed by atoms with Gasteiger partial charge in [-0.3, -0.25) is 4.79 Å². The molecule has 2 rings (SSSR count). The van der Waals surface area contributed by atoms with Gasteiger partial charge >= 0.3 is 0 Å². The number of likely N-dealkylation sites (N-methyl/N-ethyl adjacent to an activating group) is 1. The number of thiazole rings is 1. The molecule has 0 aliphatic carbocycles. The van der Waals surface area contributed by atoms with Crippen molar-refractivity contribution in [3.05, 3.63) is 16.6 Å². The fraction of sp³-hybridized carbons (Fsp3) is 0.667. The van der Waals surface area contributed by atoms with Crippen molar-refractivity contribution < 1.29 is 4.79 Å². The quantitative estimate of drug-likeness (QED) is 0.864. The van der Waals surface area contributed by atoms with Crippen molar-refractivity contribution in [2.24, 2.45) is 0 Å². The maximum absolute atomic E-state index is 12.0. The van der Waals surface area contributed by atoms with Crippen LogP contribution in [0.25, 0.3) is 0 Å². The van der Waals surface area contributed by atoms with E-state index in [1.54, 1.807) is 11.3 Å². The Bertz CT molecular complexity index is 366. The maximum atomic E-state index is 12.0. The van der Waals surface area contributed by atoms with E-state index in [1.165, 1.54) is 0 Å². The van der Waals surface area contributed by atoms with Crippen molar-refractivity contribution >= 4 is 17.2 Å². The van der Waals surface area contributed by atoms with Crippen LogP contribution in [0.1, 0.15) is 31.2 Å². The van der Waals surface area contributed by atoms with Crippen LogP contribution in [-0.4, -0.2) is 41.5 Å². The minimum Gasteiger partial charge on any atom is -0.341 e. The molecule has 4 nitrogen and oxygen atoms in total. The highest BCUT2D eigenvalue weighted by atomic mass is 32.1. The molecule has 5 heteroatoms. The molecular weight excluding hydrogens is 234 g/mol. The lowest BCUT2D eigenvalue weighted by Crippen LogP contribution is -2.39. The number of nitrogens with one attached hydrogen (secondary N) is 1. The van der Waals surface area contributed by atoms with Crippen LogP contribution in [0.5, 0.6) is 0 Å². The zero-order chi connectivity index (χ0) is 12.3. The smallest absolute Gasteiger partial charge is 0.239 e. The molecule has 17 heavy (non-hydrogen) atoms. The molecule has 0 spiro atoms. The van der Waals surface area contributed by atoms with E-state index < -0.39 is 0 Å². The lowest BCUT2D eigenvalue weighted by atomic mass is 10.2. The first-order valence-electron chi connectivity index (χ1n) is 6.14. The summed E-state index contributed by atoms with van der Waals surface area (Å²) >= 11 is 1.66. The zero-order valence-electron chi connectivity index (χ0n) is 10.3. The Kier molecular flexibility index (Phi) is 4.12. The predicted octanol–water partition coefficient (Wildman–Crippen LogP) is 1.46. The van der Waals surface area contributed by atoms with Gasteiger partial charge in [0.25, 0.3) is 0 Å². The number of carbonyl (C=O) groups is 1. The summed E-state index contributed by atoms with van der Waals surface area (Å²) in [5, 5.41) is 6.33. The third-order valence-electron chi connectivity index (χ3n) is 3.12. The Morgan fingerprint density at radius 3 is 3.18 bits per heavy atom. The molecule has 0 radical (unpaired) electrons. The van der Waals surface area contributed by atoms with E-state index in [-0.39, 0.29) is 11.9 Å². The molecule has 0 aromatic carbocycles. The van der Waals surface area contributed by atoms with Gasteiger partial charge in [-0.2, -0.15) is 0 Å². The monoisotopic (exact) mass is 253 g/mol. The summed E-state index contributed by atoms with van der Waals surface area (Å²) < 4.78 is 0. The molecule has 2 atom stereocenters. The SMILES string of the molecule is CCNC1CCN(CC(C)c2nccs2)C1=O. The molecule has 1 aromatic rings. The fourth-order valence-corrected chi connectivity index (χ4v) is 2.93. The highest BCUT2D eigenvalue weighted by molar-refractivity contribution is 7.09. The lowest BCUT2D eigenvalue weighted by molar-refractivity contribution is -0.129. The van der Waals surface area contributed by atoms with Gasteiger partial charge in [0.2, 0.25) is 5.91 Å². The minimum atomic E-state index is 0.0310. The first kappa shape index (κ1) is 12.5. The van der Waals surface area contributed by atoms with Crippen LogP contribution in [0.15, 0.2) is 11.6 Å². The summed E-state index contributed by atoms with van der Waals surface area (Å²) in [5.41, 5.74) is 0. The van der Waals surface area contributed by atoms with Gasteiger partial charge in [-0.25, -0.2) is 4.98 Å². The second-order valence-corrected chi connectivity index (χ2v) is 5.38. The van der Waals surface area contributed by atoms with Gasteiger partial charge in [-0.15, -0.1) is 11.3 Å². The Morgan fingerprint density at radius 1 is 1.71 bits per heavy atom. The molecule has 1 aliphatic heterocycles. The van der Waals surface area contributed by atoms with Gasteiger partial charge in [0.15, 0.2) is 0 Å². The Hall–Kier alpha value is -0.940. The van der Waals surface area contributed by atoms with E-state index in [9.17, 15) is 4.79 Å². The van der Waals surface area contributed by atoms with E-state index in [4.69, 9.17) is 0 Å². The first-order valence-corrected chi connectivity index (χ1v) is 7.02. The summed E-state index contributed by atoms with van der Waals surface area (Å²) in [7, 11) is 0. The van der Waals surface area contributed by atoms with Crippen LogP contribution >= 0.6 is 11.3 Å². The topological polar surface area (TPSA) is 45.2 Å². The molecule has 1 N–H and O–H groups in total. The molecule has 2 heterocycles. The number of rotatable bonds is 5. The second kappa shape index (κ2) is 5.60. The number of aromatic nitrogens is 1. The summed E-state index contributed by atoms with van der Waals surface area (Å²) in [6, 6.07) is 0.0310. The molecule has 94 valence electrons. The molecule has 1 amide bonds. The van der Waals surface area contributed by atoms with Crippen molar-refractivity contribution in [3.63, 3.8) is 0 Å². The van der Waals surface area contributed by atoms with Crippen molar-refractivity contribution in [1.29, 1.82) is 0 Å². The van der Waals surface area contributed by atoms with Crippen LogP contribution in [-0.2, 0) is 4.79 Å². The zero-order valence-corrected chi connectivity index (χ0v) is 11.2. The number of hydrogen-bond acceptors (Lipinski definition) is 4. The third kappa shape index (κ3) is 2.84. The Morgan fingerprint density at radius 2 is 2.53 bits per heavy atom. The van der Waals surface area contributed by atoms with E-state index in [1.807, 2.05) is 23.4 Å². The fourth-order valence-electron chi connectivity index (χ4n) is 2.24. The third-order valence-corrected chi connectivity index (χ3v) is 4.12. The van der Waals surface area contributed by atoms with Gasteiger partial charge in [0.1, 0.15) is 0 Å². The average Bonchev–Trinajstić information content (AvgIpc) is 2.94. The molecular formula is C12H19N3OS. The molecule has 1 saturated heterocycles. The predicted molar refractivity (Wildman–Crippen MR) is 69.2 cm³/mol. The van der Waals surface area contributed by atoms with E-state index in [0.717, 1.165) is 31.1 Å². The highest BCUT2D eigenvalue weighted by Crippen LogP contribution is 2.21. The summed E-state index contributed by atoms with van der Waals surface area (Å²) in [6.45, 7) is 6.67. The molecule has 1 aliphatic rings. The van der Waals surface area contributed by atoms with E-state index in [0.29, 0.717) is 5.92 Å². The van der Waals surface area contributed by atoms with Gasteiger partial charge in [-0.1, -0.05) is 13.8 Å². The Labute approximate surface area is 106 Å². The van der Waals surface area contributed by atoms with Crippen molar-refractivity contribution in [2.75, 3.05) is 19.6 Å². The van der Waals surface area contributed by atoms with Gasteiger partial charge in [0, 0.05) is 30.6 Å². The number of hydrogen-bond donors (Lipinski definition) is 1. The number of nitrogens with zero attached hydrogens (tertiary/aromatic N) is 2. The van der Waals surface area contributed by atoms with Crippen LogP contribution in [0.4, 0.5) is 0 Å². The van der Waals surface area contributed by atoms with Crippen molar-refractivity contribution in [3.8, 4) is 0 Å². The average molecular weight is 253 g/mol. The molecule has 0 bridgehead atoms. The second-order valence-electron chi connectivity index (χ2n) is 4.45. The van der Waals surface area contributed by atoms with Gasteiger partial charge in [-0.05, 0) is 13.0 Å².